The molecule has 0 aliphatic heterocycles. The molecular weight excluding hydrogens is 266 g/mol. The van der Waals surface area contributed by atoms with E-state index in [4.69, 9.17) is 16.9 Å². The Morgan fingerprint density at radius 3 is 2.89 bits per heavy atom. The summed E-state index contributed by atoms with van der Waals surface area (Å²) >= 11 is 5.88. The molecule has 19 heavy (non-hydrogen) atoms. The molecular formula is C13H8ClN3O2. The molecule has 0 atom stereocenters. The summed E-state index contributed by atoms with van der Waals surface area (Å²) in [6.07, 6.45) is 3.15. The fourth-order valence-corrected chi connectivity index (χ4v) is 1.75. The molecule has 0 radical (unpaired) electrons. The first-order chi connectivity index (χ1) is 9.17. The number of hydrogen-bond acceptors (Lipinski definition) is 5. The van der Waals surface area contributed by atoms with Gasteiger partial charge in [0.1, 0.15) is 6.07 Å². The third-order valence-electron chi connectivity index (χ3n) is 2.42. The van der Waals surface area contributed by atoms with E-state index >= 15 is 0 Å². The first kappa shape index (κ1) is 13.0. The van der Waals surface area contributed by atoms with E-state index in [0.717, 1.165) is 0 Å². The normalized spacial score (nSPS) is 9.74. The summed E-state index contributed by atoms with van der Waals surface area (Å²) in [5.41, 5.74) is 1.17. The zero-order chi connectivity index (χ0) is 13.8. The van der Waals surface area contributed by atoms with Crippen LogP contribution in [0.2, 0.25) is 5.02 Å². The third-order valence-corrected chi connectivity index (χ3v) is 2.71. The van der Waals surface area contributed by atoms with Crippen LogP contribution in [0.4, 0.5) is 0 Å². The molecule has 0 aliphatic rings. The lowest BCUT2D eigenvalue weighted by Crippen LogP contribution is -2.06. The third kappa shape index (κ3) is 2.54. The van der Waals surface area contributed by atoms with Gasteiger partial charge in [0.15, 0.2) is 5.69 Å². The summed E-state index contributed by atoms with van der Waals surface area (Å²) in [5.74, 6) is -0.572. The fraction of sp³-hybridized carbons (Fsp3) is 0.0769. The summed E-state index contributed by atoms with van der Waals surface area (Å²) in [6.45, 7) is 0. The lowest BCUT2D eigenvalue weighted by molar-refractivity contribution is 0.0601. The number of carbonyl (C=O) groups is 1. The van der Waals surface area contributed by atoms with Crippen LogP contribution in [0, 0.1) is 11.3 Å². The number of esters is 1. The van der Waals surface area contributed by atoms with E-state index in [2.05, 4.69) is 14.7 Å². The fourth-order valence-electron chi connectivity index (χ4n) is 1.56. The Labute approximate surface area is 114 Å². The van der Waals surface area contributed by atoms with E-state index in [1.807, 2.05) is 6.07 Å². The molecule has 0 fully saturated rings. The van der Waals surface area contributed by atoms with Crippen molar-refractivity contribution >= 4 is 17.6 Å². The van der Waals surface area contributed by atoms with Crippen LogP contribution in [-0.4, -0.2) is 23.0 Å². The summed E-state index contributed by atoms with van der Waals surface area (Å²) in [7, 11) is 1.27. The summed E-state index contributed by atoms with van der Waals surface area (Å²) < 4.78 is 4.69. The number of aromatic nitrogens is 2. The molecule has 2 aromatic rings. The Morgan fingerprint density at radius 1 is 1.53 bits per heavy atom. The van der Waals surface area contributed by atoms with Gasteiger partial charge in [-0.05, 0) is 18.2 Å². The minimum Gasteiger partial charge on any atom is -0.465 e. The Morgan fingerprint density at radius 2 is 2.32 bits per heavy atom. The van der Waals surface area contributed by atoms with Crippen molar-refractivity contribution in [3.05, 3.63) is 46.9 Å². The summed E-state index contributed by atoms with van der Waals surface area (Å²) in [4.78, 5) is 19.8. The Hall–Kier alpha value is -2.45. The van der Waals surface area contributed by atoms with E-state index < -0.39 is 5.97 Å². The quantitative estimate of drug-likeness (QED) is 0.786. The van der Waals surface area contributed by atoms with Gasteiger partial charge >= 0.3 is 5.97 Å². The van der Waals surface area contributed by atoms with Crippen molar-refractivity contribution in [1.82, 2.24) is 9.97 Å². The number of halogens is 1. The minimum absolute atomic E-state index is 0.0492. The summed E-state index contributed by atoms with van der Waals surface area (Å²) in [6, 6.07) is 6.69. The first-order valence-corrected chi connectivity index (χ1v) is 5.64. The molecule has 0 aliphatic carbocycles. The second-order valence-electron chi connectivity index (χ2n) is 3.56. The van der Waals surface area contributed by atoms with Crippen molar-refractivity contribution in [2.75, 3.05) is 7.11 Å². The molecule has 0 amide bonds. The van der Waals surface area contributed by atoms with Crippen molar-refractivity contribution in [2.24, 2.45) is 0 Å². The SMILES string of the molecule is COC(=O)c1cc(Cl)c(C#N)nc1-c1cccnc1. The average Bonchev–Trinajstić information content (AvgIpc) is 2.47. The van der Waals surface area contributed by atoms with Crippen LogP contribution in [0.25, 0.3) is 11.3 Å². The molecule has 5 nitrogen and oxygen atoms in total. The van der Waals surface area contributed by atoms with Crippen molar-refractivity contribution < 1.29 is 9.53 Å². The molecule has 0 bridgehead atoms. The number of methoxy groups -OCH3 is 1. The number of nitrogens with zero attached hydrogens (tertiary/aromatic N) is 3. The van der Waals surface area contributed by atoms with E-state index in [0.29, 0.717) is 11.3 Å². The van der Waals surface area contributed by atoms with Gasteiger partial charge in [0, 0.05) is 18.0 Å². The van der Waals surface area contributed by atoms with E-state index in [1.165, 1.54) is 13.2 Å². The number of carbonyl (C=O) groups excluding carboxylic acids is 1. The van der Waals surface area contributed by atoms with E-state index in [9.17, 15) is 4.79 Å². The number of nitriles is 1. The van der Waals surface area contributed by atoms with Crippen LogP contribution >= 0.6 is 11.6 Å². The molecule has 94 valence electrons. The van der Waals surface area contributed by atoms with Gasteiger partial charge in [0.2, 0.25) is 0 Å². The van der Waals surface area contributed by atoms with Gasteiger partial charge < -0.3 is 4.74 Å². The maximum Gasteiger partial charge on any atom is 0.340 e. The van der Waals surface area contributed by atoms with Crippen LogP contribution in [0.3, 0.4) is 0 Å². The highest BCUT2D eigenvalue weighted by molar-refractivity contribution is 6.32. The highest BCUT2D eigenvalue weighted by Crippen LogP contribution is 2.26. The van der Waals surface area contributed by atoms with Crippen LogP contribution in [0.1, 0.15) is 16.1 Å². The number of rotatable bonds is 2. The molecule has 2 rings (SSSR count). The van der Waals surface area contributed by atoms with Gasteiger partial charge in [0.05, 0.1) is 23.4 Å². The topological polar surface area (TPSA) is 75.9 Å². The van der Waals surface area contributed by atoms with Gasteiger partial charge in [-0.2, -0.15) is 5.26 Å². The van der Waals surface area contributed by atoms with Crippen LogP contribution in [0.15, 0.2) is 30.6 Å². The van der Waals surface area contributed by atoms with Crippen molar-refractivity contribution in [3.63, 3.8) is 0 Å². The van der Waals surface area contributed by atoms with Gasteiger partial charge in [-0.25, -0.2) is 9.78 Å². The van der Waals surface area contributed by atoms with E-state index in [1.54, 1.807) is 24.5 Å². The highest BCUT2D eigenvalue weighted by Gasteiger charge is 2.18. The second kappa shape index (κ2) is 5.46. The molecule has 0 spiro atoms. The number of pyridine rings is 2. The van der Waals surface area contributed by atoms with Crippen LogP contribution in [-0.2, 0) is 4.74 Å². The maximum absolute atomic E-state index is 11.7. The standard InChI is InChI=1S/C13H8ClN3O2/c1-19-13(18)9-5-10(14)11(6-15)17-12(9)8-3-2-4-16-7-8/h2-5,7H,1H3. The van der Waals surface area contributed by atoms with Gasteiger partial charge in [-0.15, -0.1) is 0 Å². The first-order valence-electron chi connectivity index (χ1n) is 5.26. The monoisotopic (exact) mass is 273 g/mol. The molecule has 6 heteroatoms. The maximum atomic E-state index is 11.7. The molecule has 2 aromatic heterocycles. The summed E-state index contributed by atoms with van der Waals surface area (Å²) in [5, 5.41) is 9.05. The highest BCUT2D eigenvalue weighted by atomic mass is 35.5. The molecule has 0 N–H and O–H groups in total. The van der Waals surface area contributed by atoms with Gasteiger partial charge in [-0.3, -0.25) is 4.98 Å². The largest absolute Gasteiger partial charge is 0.465 e. The van der Waals surface area contributed by atoms with Gasteiger partial charge in [0.25, 0.3) is 0 Å². The predicted molar refractivity (Wildman–Crippen MR) is 68.5 cm³/mol. The number of ether oxygens (including phenoxy) is 1. The van der Waals surface area contributed by atoms with Crippen molar-refractivity contribution in [3.8, 4) is 17.3 Å². The Bertz CT molecular complexity index is 666. The van der Waals surface area contributed by atoms with Crippen molar-refractivity contribution in [2.45, 2.75) is 0 Å². The lowest BCUT2D eigenvalue weighted by atomic mass is 10.1. The molecule has 0 saturated carbocycles. The lowest BCUT2D eigenvalue weighted by Gasteiger charge is -2.08. The van der Waals surface area contributed by atoms with Crippen LogP contribution < -0.4 is 0 Å². The minimum atomic E-state index is -0.572. The van der Waals surface area contributed by atoms with Crippen LogP contribution in [0.5, 0.6) is 0 Å². The van der Waals surface area contributed by atoms with Gasteiger partial charge in [-0.1, -0.05) is 11.6 Å². The predicted octanol–water partition coefficient (Wildman–Crippen LogP) is 2.46. The Kier molecular flexibility index (Phi) is 3.74. The molecule has 0 unspecified atom stereocenters. The average molecular weight is 274 g/mol. The smallest absolute Gasteiger partial charge is 0.340 e. The molecule has 0 aromatic carbocycles. The molecule has 0 saturated heterocycles. The second-order valence-corrected chi connectivity index (χ2v) is 3.97. The number of hydrogen-bond donors (Lipinski definition) is 0. The Balaban J connectivity index is 2.70. The molecule has 2 heterocycles. The van der Waals surface area contributed by atoms with E-state index in [-0.39, 0.29) is 16.3 Å². The zero-order valence-electron chi connectivity index (χ0n) is 9.92. The van der Waals surface area contributed by atoms with Crippen molar-refractivity contribution in [1.29, 1.82) is 5.26 Å². The zero-order valence-corrected chi connectivity index (χ0v) is 10.7.